The Morgan fingerprint density at radius 1 is 1.53 bits per heavy atom. The summed E-state index contributed by atoms with van der Waals surface area (Å²) in [5.41, 5.74) is 0.823. The van der Waals surface area contributed by atoms with Gasteiger partial charge in [-0.1, -0.05) is 0 Å². The van der Waals surface area contributed by atoms with Crippen LogP contribution in [0.3, 0.4) is 0 Å². The number of benzene rings is 1. The number of H-pyrrole nitrogens is 1. The number of aromatic nitrogens is 3. The van der Waals surface area contributed by atoms with E-state index in [1.807, 2.05) is 0 Å². The molecule has 7 heteroatoms. The van der Waals surface area contributed by atoms with E-state index in [9.17, 15) is 9.18 Å². The Bertz CT molecular complexity index is 602. The Balaban J connectivity index is 1.84. The van der Waals surface area contributed by atoms with Crippen molar-refractivity contribution in [3.8, 4) is 0 Å². The standard InChI is InChI=1S/C12H11FN4OS/c13-7-1-2-10-8(5-7)9(3-4-19-10)16-12(18)11-14-6-15-17-11/h1-2,5-6,9H,3-4H2,(H,16,18)(H,14,15,17). The molecule has 2 heterocycles. The smallest absolute Gasteiger partial charge is 0.289 e. The van der Waals surface area contributed by atoms with Gasteiger partial charge in [-0.2, -0.15) is 5.10 Å². The molecule has 0 radical (unpaired) electrons. The van der Waals surface area contributed by atoms with Crippen molar-refractivity contribution in [2.24, 2.45) is 0 Å². The highest BCUT2D eigenvalue weighted by Crippen LogP contribution is 2.36. The van der Waals surface area contributed by atoms with Crippen LogP contribution in [-0.2, 0) is 0 Å². The van der Waals surface area contributed by atoms with E-state index in [-0.39, 0.29) is 23.6 Å². The first-order valence-corrected chi connectivity index (χ1v) is 6.81. The molecule has 1 unspecified atom stereocenters. The fraction of sp³-hybridized carbons (Fsp3) is 0.250. The van der Waals surface area contributed by atoms with Crippen LogP contribution in [0.1, 0.15) is 28.6 Å². The number of nitrogens with zero attached hydrogens (tertiary/aromatic N) is 2. The van der Waals surface area contributed by atoms with Crippen LogP contribution in [0.4, 0.5) is 4.39 Å². The van der Waals surface area contributed by atoms with Crippen LogP contribution in [0, 0.1) is 5.82 Å². The third-order valence-corrected chi connectivity index (χ3v) is 4.07. The van der Waals surface area contributed by atoms with Crippen LogP contribution in [0.2, 0.25) is 0 Å². The highest BCUT2D eigenvalue weighted by Gasteiger charge is 2.24. The summed E-state index contributed by atoms with van der Waals surface area (Å²) < 4.78 is 13.3. The van der Waals surface area contributed by atoms with Gasteiger partial charge in [0.15, 0.2) is 0 Å². The number of halogens is 1. The molecule has 2 N–H and O–H groups in total. The Hall–Kier alpha value is -1.89. The normalized spacial score (nSPS) is 17.8. The van der Waals surface area contributed by atoms with E-state index in [1.165, 1.54) is 18.5 Å². The highest BCUT2D eigenvalue weighted by atomic mass is 32.2. The van der Waals surface area contributed by atoms with Crippen LogP contribution >= 0.6 is 11.8 Å². The third-order valence-electron chi connectivity index (χ3n) is 2.95. The lowest BCUT2D eigenvalue weighted by atomic mass is 10.0. The lowest BCUT2D eigenvalue weighted by molar-refractivity contribution is 0.0924. The number of aromatic amines is 1. The van der Waals surface area contributed by atoms with Crippen LogP contribution in [-0.4, -0.2) is 26.8 Å². The van der Waals surface area contributed by atoms with Gasteiger partial charge in [0, 0.05) is 10.6 Å². The molecule has 1 aromatic carbocycles. The number of nitrogens with one attached hydrogen (secondary N) is 2. The number of carbonyl (C=O) groups excluding carboxylic acids is 1. The zero-order chi connectivity index (χ0) is 13.2. The molecule has 98 valence electrons. The van der Waals surface area contributed by atoms with E-state index in [0.717, 1.165) is 22.6 Å². The first-order valence-electron chi connectivity index (χ1n) is 5.82. The van der Waals surface area contributed by atoms with Crippen LogP contribution in [0.15, 0.2) is 29.4 Å². The maximum absolute atomic E-state index is 13.3. The Kier molecular flexibility index (Phi) is 3.20. The highest BCUT2D eigenvalue weighted by molar-refractivity contribution is 7.99. The summed E-state index contributed by atoms with van der Waals surface area (Å²) in [6.45, 7) is 0. The lowest BCUT2D eigenvalue weighted by Crippen LogP contribution is -2.31. The maximum atomic E-state index is 13.3. The molecule has 19 heavy (non-hydrogen) atoms. The summed E-state index contributed by atoms with van der Waals surface area (Å²) in [6, 6.07) is 4.48. The number of amides is 1. The van der Waals surface area contributed by atoms with E-state index >= 15 is 0 Å². The predicted octanol–water partition coefficient (Wildman–Crippen LogP) is 1.91. The first kappa shape index (κ1) is 12.2. The van der Waals surface area contributed by atoms with Crippen LogP contribution in [0.5, 0.6) is 0 Å². The molecule has 0 spiro atoms. The number of carbonyl (C=O) groups is 1. The molecule has 3 rings (SSSR count). The lowest BCUT2D eigenvalue weighted by Gasteiger charge is -2.25. The number of hydrogen-bond acceptors (Lipinski definition) is 4. The van der Waals surface area contributed by atoms with Crippen molar-refractivity contribution in [2.45, 2.75) is 17.4 Å². The third kappa shape index (κ3) is 2.46. The molecule has 0 fully saturated rings. The van der Waals surface area contributed by atoms with Crippen LogP contribution in [0.25, 0.3) is 0 Å². The first-order chi connectivity index (χ1) is 9.24. The molecule has 0 aliphatic carbocycles. The van der Waals surface area contributed by atoms with Gasteiger partial charge >= 0.3 is 0 Å². The van der Waals surface area contributed by atoms with Crippen molar-refractivity contribution in [1.82, 2.24) is 20.5 Å². The van der Waals surface area contributed by atoms with E-state index < -0.39 is 0 Å². The molecular weight excluding hydrogens is 267 g/mol. The molecule has 1 aliphatic heterocycles. The van der Waals surface area contributed by atoms with Crippen molar-refractivity contribution < 1.29 is 9.18 Å². The van der Waals surface area contributed by atoms with Gasteiger partial charge in [-0.3, -0.25) is 9.89 Å². The fourth-order valence-corrected chi connectivity index (χ4v) is 3.16. The molecular formula is C12H11FN4OS. The molecule has 0 bridgehead atoms. The number of hydrogen-bond donors (Lipinski definition) is 2. The average Bonchev–Trinajstić information content (AvgIpc) is 2.93. The maximum Gasteiger partial charge on any atom is 0.289 e. The van der Waals surface area contributed by atoms with E-state index in [1.54, 1.807) is 17.8 Å². The van der Waals surface area contributed by atoms with Crippen molar-refractivity contribution in [3.05, 3.63) is 41.7 Å². The van der Waals surface area contributed by atoms with Gasteiger partial charge in [-0.15, -0.1) is 11.8 Å². The van der Waals surface area contributed by atoms with Crippen molar-refractivity contribution in [3.63, 3.8) is 0 Å². The summed E-state index contributed by atoms with van der Waals surface area (Å²) >= 11 is 1.67. The van der Waals surface area contributed by atoms with Gasteiger partial charge < -0.3 is 5.32 Å². The predicted molar refractivity (Wildman–Crippen MR) is 68.3 cm³/mol. The summed E-state index contributed by atoms with van der Waals surface area (Å²) in [7, 11) is 0. The summed E-state index contributed by atoms with van der Waals surface area (Å²) in [5, 5.41) is 9.00. The SMILES string of the molecule is O=C(NC1CCSc2ccc(F)cc21)c1ncn[nH]1. The molecule has 2 aromatic rings. The zero-order valence-corrected chi connectivity index (χ0v) is 10.7. The summed E-state index contributed by atoms with van der Waals surface area (Å²) in [4.78, 5) is 16.7. The summed E-state index contributed by atoms with van der Waals surface area (Å²) in [6.07, 6.45) is 2.04. The van der Waals surface area contributed by atoms with Gasteiger partial charge in [0.25, 0.3) is 5.91 Å². The van der Waals surface area contributed by atoms with Gasteiger partial charge in [0.1, 0.15) is 12.1 Å². The fourth-order valence-electron chi connectivity index (χ4n) is 2.06. The van der Waals surface area contributed by atoms with Crippen LogP contribution < -0.4 is 5.32 Å². The minimum atomic E-state index is -0.329. The number of fused-ring (bicyclic) bond motifs is 1. The molecule has 1 aromatic heterocycles. The molecule has 0 saturated carbocycles. The van der Waals surface area contributed by atoms with Crippen molar-refractivity contribution in [1.29, 1.82) is 0 Å². The van der Waals surface area contributed by atoms with Gasteiger partial charge in [-0.05, 0) is 30.2 Å². The quantitative estimate of drug-likeness (QED) is 0.880. The Morgan fingerprint density at radius 3 is 3.21 bits per heavy atom. The van der Waals surface area contributed by atoms with E-state index in [2.05, 4.69) is 20.5 Å². The number of rotatable bonds is 2. The van der Waals surface area contributed by atoms with E-state index in [4.69, 9.17) is 0 Å². The Morgan fingerprint density at radius 2 is 2.42 bits per heavy atom. The molecule has 5 nitrogen and oxygen atoms in total. The minimum Gasteiger partial charge on any atom is -0.342 e. The minimum absolute atomic E-state index is 0.163. The largest absolute Gasteiger partial charge is 0.342 e. The molecule has 1 amide bonds. The molecule has 1 atom stereocenters. The van der Waals surface area contributed by atoms with Crippen molar-refractivity contribution in [2.75, 3.05) is 5.75 Å². The van der Waals surface area contributed by atoms with Gasteiger partial charge in [-0.25, -0.2) is 9.37 Å². The zero-order valence-electron chi connectivity index (χ0n) is 9.89. The van der Waals surface area contributed by atoms with E-state index in [0.29, 0.717) is 0 Å². The molecule has 0 saturated heterocycles. The second-order valence-corrected chi connectivity index (χ2v) is 5.32. The second-order valence-electron chi connectivity index (χ2n) is 4.18. The second kappa shape index (κ2) is 5.00. The van der Waals surface area contributed by atoms with Gasteiger partial charge in [0.2, 0.25) is 5.82 Å². The number of thioether (sulfide) groups is 1. The summed E-state index contributed by atoms with van der Waals surface area (Å²) in [5.74, 6) is 0.431. The van der Waals surface area contributed by atoms with Crippen molar-refractivity contribution >= 4 is 17.7 Å². The topological polar surface area (TPSA) is 70.7 Å². The monoisotopic (exact) mass is 278 g/mol. The van der Waals surface area contributed by atoms with Gasteiger partial charge in [0.05, 0.1) is 6.04 Å². The Labute approximate surface area is 113 Å². The average molecular weight is 278 g/mol. The molecule has 1 aliphatic rings.